The van der Waals surface area contributed by atoms with E-state index in [1.807, 2.05) is 18.7 Å². The van der Waals surface area contributed by atoms with E-state index in [0.717, 1.165) is 43.3 Å². The zero-order valence-electron chi connectivity index (χ0n) is 14.1. The second-order valence-corrected chi connectivity index (χ2v) is 10.7. The van der Waals surface area contributed by atoms with E-state index in [-0.39, 0.29) is 15.5 Å². The van der Waals surface area contributed by atoms with Crippen LogP contribution in [0.4, 0.5) is 10.7 Å². The van der Waals surface area contributed by atoms with Crippen LogP contribution in [0, 0.1) is 10.1 Å². The molecule has 24 heavy (non-hydrogen) atoms. The topological polar surface area (TPSA) is 89.8 Å². The average molecular weight is 374 g/mol. The van der Waals surface area contributed by atoms with Crippen molar-refractivity contribution in [2.75, 3.05) is 24.2 Å². The van der Waals surface area contributed by atoms with Crippen LogP contribution in [0.5, 0.6) is 0 Å². The Balaban J connectivity index is 2.03. The molecule has 0 bridgehead atoms. The molecule has 3 rings (SSSR count). The summed E-state index contributed by atoms with van der Waals surface area (Å²) in [6, 6.07) is 1.18. The molecule has 1 aromatic heterocycles. The van der Waals surface area contributed by atoms with E-state index in [4.69, 9.17) is 4.74 Å². The molecule has 0 radical (unpaired) electrons. The summed E-state index contributed by atoms with van der Waals surface area (Å²) in [5, 5.41) is 11.9. The third kappa shape index (κ3) is 3.29. The van der Waals surface area contributed by atoms with Crippen molar-refractivity contribution in [3.8, 4) is 0 Å². The molecular weight excluding hydrogens is 352 g/mol. The zero-order chi connectivity index (χ0) is 17.8. The first-order valence-electron chi connectivity index (χ1n) is 7.95. The highest BCUT2D eigenvalue weighted by atomic mass is 32.2. The van der Waals surface area contributed by atoms with Crippen molar-refractivity contribution in [2.45, 2.75) is 54.9 Å². The van der Waals surface area contributed by atoms with Crippen molar-refractivity contribution in [2.24, 2.45) is 0 Å². The molecule has 1 spiro atoms. The minimum Gasteiger partial charge on any atom is -0.365 e. The van der Waals surface area contributed by atoms with Crippen LogP contribution in [0.1, 0.15) is 39.5 Å². The first-order valence-corrected chi connectivity index (χ1v) is 10.7. The van der Waals surface area contributed by atoms with Crippen molar-refractivity contribution in [3.63, 3.8) is 0 Å². The fraction of sp³-hybridized carbons (Fsp3) is 0.733. The largest absolute Gasteiger partial charge is 0.365 e. The van der Waals surface area contributed by atoms with Gasteiger partial charge >= 0.3 is 5.69 Å². The Hall–Kier alpha value is -1.19. The predicted octanol–water partition coefficient (Wildman–Crippen LogP) is 2.99. The maximum atomic E-state index is 11.8. The van der Waals surface area contributed by atoms with Gasteiger partial charge in [0, 0.05) is 25.4 Å². The average Bonchev–Trinajstić information content (AvgIpc) is 3.02. The molecule has 1 aliphatic carbocycles. The van der Waals surface area contributed by atoms with Gasteiger partial charge in [-0.1, -0.05) is 24.2 Å². The molecule has 134 valence electrons. The summed E-state index contributed by atoms with van der Waals surface area (Å²) in [6.45, 7) is 5.03. The number of anilines is 1. The van der Waals surface area contributed by atoms with E-state index >= 15 is 0 Å². The number of ether oxygens (including phenoxy) is 1. The van der Waals surface area contributed by atoms with Gasteiger partial charge in [-0.15, -0.1) is 0 Å². The lowest BCUT2D eigenvalue weighted by atomic mass is 9.94. The van der Waals surface area contributed by atoms with Crippen molar-refractivity contribution in [1.82, 2.24) is 0 Å². The molecule has 1 saturated heterocycles. The number of thiophene rings is 1. The van der Waals surface area contributed by atoms with Crippen LogP contribution in [0.15, 0.2) is 10.3 Å². The first kappa shape index (κ1) is 17.6. The van der Waals surface area contributed by atoms with Crippen LogP contribution in [0.2, 0.25) is 0 Å². The van der Waals surface area contributed by atoms with E-state index in [9.17, 15) is 18.5 Å². The van der Waals surface area contributed by atoms with Crippen molar-refractivity contribution in [3.05, 3.63) is 16.2 Å². The van der Waals surface area contributed by atoms with Crippen LogP contribution in [0.25, 0.3) is 0 Å². The van der Waals surface area contributed by atoms with Crippen molar-refractivity contribution < 1.29 is 18.1 Å². The van der Waals surface area contributed by atoms with Crippen molar-refractivity contribution in [1.29, 1.82) is 0 Å². The summed E-state index contributed by atoms with van der Waals surface area (Å²) >= 11 is 0.985. The number of nitrogens with zero attached hydrogens (tertiary/aromatic N) is 2. The number of sulfone groups is 1. The molecule has 2 fully saturated rings. The quantitative estimate of drug-likeness (QED) is 0.597. The number of rotatable bonds is 3. The molecule has 1 aromatic rings. The van der Waals surface area contributed by atoms with Gasteiger partial charge in [-0.2, -0.15) is 0 Å². The van der Waals surface area contributed by atoms with E-state index in [2.05, 4.69) is 0 Å². The number of nitro groups is 1. The molecule has 2 aliphatic rings. The Bertz CT molecular complexity index is 763. The normalized spacial score (nSPS) is 22.9. The summed E-state index contributed by atoms with van der Waals surface area (Å²) in [7, 11) is -3.48. The number of morpholine rings is 1. The lowest BCUT2D eigenvalue weighted by Crippen LogP contribution is -2.58. The van der Waals surface area contributed by atoms with Crippen LogP contribution < -0.4 is 4.90 Å². The standard InChI is InChI=1S/C15H22N2O5S2/c1-14(2)9-16(10-15(22-14)6-4-5-7-15)13-11(17(18)19)8-12(23-13)24(3,20)21/h8H,4-7,9-10H2,1-3H3. The van der Waals surface area contributed by atoms with Gasteiger partial charge in [-0.05, 0) is 26.7 Å². The maximum absolute atomic E-state index is 11.8. The molecule has 0 amide bonds. The summed E-state index contributed by atoms with van der Waals surface area (Å²) in [6.07, 6.45) is 5.13. The van der Waals surface area contributed by atoms with E-state index in [0.29, 0.717) is 18.1 Å². The minimum absolute atomic E-state index is 0.0361. The smallest absolute Gasteiger partial charge is 0.305 e. The lowest BCUT2D eigenvalue weighted by Gasteiger charge is -2.49. The summed E-state index contributed by atoms with van der Waals surface area (Å²) in [4.78, 5) is 12.9. The van der Waals surface area contributed by atoms with Crippen LogP contribution >= 0.6 is 11.3 Å². The molecule has 1 saturated carbocycles. The Kier molecular flexibility index (Phi) is 4.17. The van der Waals surface area contributed by atoms with Crippen LogP contribution in [0.3, 0.4) is 0 Å². The van der Waals surface area contributed by atoms with Gasteiger partial charge in [0.15, 0.2) is 14.8 Å². The first-order chi connectivity index (χ1) is 11.0. The highest BCUT2D eigenvalue weighted by molar-refractivity contribution is 7.92. The fourth-order valence-electron chi connectivity index (χ4n) is 3.83. The number of hydrogen-bond donors (Lipinski definition) is 0. The lowest BCUT2D eigenvalue weighted by molar-refractivity contribution is -0.383. The van der Waals surface area contributed by atoms with Gasteiger partial charge in [-0.25, -0.2) is 8.42 Å². The van der Waals surface area contributed by atoms with Gasteiger partial charge in [0.1, 0.15) is 4.21 Å². The summed E-state index contributed by atoms with van der Waals surface area (Å²) < 4.78 is 30.0. The minimum atomic E-state index is -3.48. The van der Waals surface area contributed by atoms with Gasteiger partial charge in [0.2, 0.25) is 0 Å². The Labute approximate surface area is 145 Å². The maximum Gasteiger partial charge on any atom is 0.305 e. The SMILES string of the molecule is CC1(C)CN(c2sc(S(C)(=O)=O)cc2[N+](=O)[O-])CC2(CCCC2)O1. The molecule has 9 heteroatoms. The predicted molar refractivity (Wildman–Crippen MR) is 92.7 cm³/mol. The van der Waals surface area contributed by atoms with E-state index in [1.165, 1.54) is 6.07 Å². The Morgan fingerprint density at radius 3 is 2.46 bits per heavy atom. The zero-order valence-corrected chi connectivity index (χ0v) is 15.7. The molecule has 1 aliphatic heterocycles. The monoisotopic (exact) mass is 374 g/mol. The van der Waals surface area contributed by atoms with Crippen LogP contribution in [-0.2, 0) is 14.6 Å². The van der Waals surface area contributed by atoms with Gasteiger partial charge in [-0.3, -0.25) is 10.1 Å². The highest BCUT2D eigenvalue weighted by Gasteiger charge is 2.47. The van der Waals surface area contributed by atoms with Gasteiger partial charge in [0.05, 0.1) is 16.1 Å². The van der Waals surface area contributed by atoms with Gasteiger partial charge in [0.25, 0.3) is 0 Å². The molecular formula is C15H22N2O5S2. The Morgan fingerprint density at radius 2 is 1.92 bits per heavy atom. The molecule has 2 heterocycles. The van der Waals surface area contributed by atoms with E-state index in [1.54, 1.807) is 0 Å². The molecule has 7 nitrogen and oxygen atoms in total. The third-order valence-corrected chi connectivity index (χ3v) is 7.57. The van der Waals surface area contributed by atoms with Crippen LogP contribution in [-0.4, -0.2) is 43.9 Å². The Morgan fingerprint density at radius 1 is 1.29 bits per heavy atom. The summed E-state index contributed by atoms with van der Waals surface area (Å²) in [5.74, 6) is 0. The van der Waals surface area contributed by atoms with Gasteiger partial charge < -0.3 is 9.64 Å². The third-order valence-electron chi connectivity index (χ3n) is 4.58. The second kappa shape index (κ2) is 5.67. The molecule has 0 aromatic carbocycles. The molecule has 0 N–H and O–H groups in total. The number of hydrogen-bond acceptors (Lipinski definition) is 7. The second-order valence-electron chi connectivity index (χ2n) is 7.39. The molecule has 0 unspecified atom stereocenters. The molecule has 0 atom stereocenters. The fourth-order valence-corrected chi connectivity index (χ4v) is 5.85. The van der Waals surface area contributed by atoms with Crippen molar-refractivity contribution >= 4 is 31.9 Å². The van der Waals surface area contributed by atoms with E-state index < -0.39 is 20.4 Å². The summed E-state index contributed by atoms with van der Waals surface area (Å²) in [5.41, 5.74) is -0.859. The highest BCUT2D eigenvalue weighted by Crippen LogP contribution is 2.46.